The van der Waals surface area contributed by atoms with Gasteiger partial charge in [0.1, 0.15) is 0 Å². The van der Waals surface area contributed by atoms with Crippen molar-refractivity contribution in [3.05, 3.63) is 30.1 Å². The summed E-state index contributed by atoms with van der Waals surface area (Å²) in [6, 6.07) is 5.50. The third-order valence-electron chi connectivity index (χ3n) is 3.95. The fraction of sp³-hybridized carbons (Fsp3) is 0.588. The fourth-order valence-corrected chi connectivity index (χ4v) is 2.69. The first-order valence-corrected chi connectivity index (χ1v) is 8.28. The molecule has 0 spiro atoms. The number of rotatable bonds is 5. The molecule has 0 saturated carbocycles. The van der Waals surface area contributed by atoms with Crippen molar-refractivity contribution < 1.29 is 14.3 Å². The molecule has 1 aromatic rings. The Hall–Kier alpha value is -2.15. The van der Waals surface area contributed by atoms with Crippen LogP contribution in [0.15, 0.2) is 24.4 Å². The Morgan fingerprint density at radius 2 is 2.04 bits per heavy atom. The summed E-state index contributed by atoms with van der Waals surface area (Å²) in [5, 5.41) is 2.70. The van der Waals surface area contributed by atoms with E-state index >= 15 is 0 Å². The van der Waals surface area contributed by atoms with Gasteiger partial charge in [0.15, 0.2) is 0 Å². The zero-order valence-electron chi connectivity index (χ0n) is 14.6. The average molecular weight is 334 g/mol. The van der Waals surface area contributed by atoms with Gasteiger partial charge in [-0.05, 0) is 26.0 Å². The number of carbonyl (C=O) groups is 2. The number of nitrogens with zero attached hydrogens (tertiary/aromatic N) is 3. The van der Waals surface area contributed by atoms with E-state index in [9.17, 15) is 9.59 Å². The van der Waals surface area contributed by atoms with Crippen molar-refractivity contribution in [2.75, 3.05) is 33.2 Å². The lowest BCUT2D eigenvalue weighted by atomic mass is 10.2. The van der Waals surface area contributed by atoms with Crippen molar-refractivity contribution in [1.29, 1.82) is 0 Å². The van der Waals surface area contributed by atoms with Crippen molar-refractivity contribution >= 4 is 11.9 Å². The molecular weight excluding hydrogens is 308 g/mol. The van der Waals surface area contributed by atoms with Crippen molar-refractivity contribution in [2.45, 2.75) is 32.5 Å². The lowest BCUT2D eigenvalue weighted by Gasteiger charge is -2.35. The number of carbonyl (C=O) groups excluding carboxylic acids is 2. The monoisotopic (exact) mass is 334 g/mol. The van der Waals surface area contributed by atoms with E-state index in [0.717, 1.165) is 5.69 Å². The Morgan fingerprint density at radius 3 is 2.67 bits per heavy atom. The number of morpholine rings is 1. The molecule has 2 rings (SSSR count). The summed E-state index contributed by atoms with van der Waals surface area (Å²) in [7, 11) is 1.73. The van der Waals surface area contributed by atoms with Gasteiger partial charge in [-0.25, -0.2) is 4.79 Å². The number of aromatic nitrogens is 1. The molecule has 0 radical (unpaired) electrons. The molecule has 1 fully saturated rings. The quantitative estimate of drug-likeness (QED) is 0.868. The largest absolute Gasteiger partial charge is 0.372 e. The van der Waals surface area contributed by atoms with Gasteiger partial charge in [0.2, 0.25) is 5.91 Å². The maximum atomic E-state index is 12.2. The van der Waals surface area contributed by atoms with Gasteiger partial charge in [-0.15, -0.1) is 0 Å². The second-order valence-corrected chi connectivity index (χ2v) is 6.21. The van der Waals surface area contributed by atoms with Crippen molar-refractivity contribution in [3.8, 4) is 0 Å². The molecule has 1 saturated heterocycles. The minimum atomic E-state index is -0.219. The predicted octanol–water partition coefficient (Wildman–Crippen LogP) is 0.901. The summed E-state index contributed by atoms with van der Waals surface area (Å²) in [5.74, 6) is -0.117. The number of pyridine rings is 1. The summed E-state index contributed by atoms with van der Waals surface area (Å²) in [6.45, 7) is 5.52. The molecular formula is C17H26N4O3. The molecule has 2 unspecified atom stereocenters. The number of hydrogen-bond donors (Lipinski definition) is 1. The molecule has 1 aromatic heterocycles. The van der Waals surface area contributed by atoms with Crippen LogP contribution in [0.2, 0.25) is 0 Å². The highest BCUT2D eigenvalue weighted by atomic mass is 16.5. The van der Waals surface area contributed by atoms with Crippen LogP contribution in [-0.4, -0.2) is 72.2 Å². The molecule has 7 heteroatoms. The SMILES string of the molecule is CC1CN(C(=O)NCC(=O)N(C)CCc2ccccn2)CC(C)O1. The van der Waals surface area contributed by atoms with Gasteiger partial charge in [0.05, 0.1) is 18.8 Å². The van der Waals surface area contributed by atoms with Crippen LogP contribution in [-0.2, 0) is 16.0 Å². The number of hydrogen-bond acceptors (Lipinski definition) is 4. The van der Waals surface area contributed by atoms with Crippen LogP contribution in [0.25, 0.3) is 0 Å². The number of urea groups is 1. The van der Waals surface area contributed by atoms with Gasteiger partial charge in [-0.2, -0.15) is 0 Å². The van der Waals surface area contributed by atoms with Gasteiger partial charge >= 0.3 is 6.03 Å². The zero-order chi connectivity index (χ0) is 17.5. The lowest BCUT2D eigenvalue weighted by molar-refractivity contribution is -0.128. The Labute approximate surface area is 143 Å². The van der Waals surface area contributed by atoms with Crippen LogP contribution in [0.5, 0.6) is 0 Å². The minimum absolute atomic E-state index is 0.00231. The van der Waals surface area contributed by atoms with Crippen LogP contribution in [0.1, 0.15) is 19.5 Å². The van der Waals surface area contributed by atoms with Crippen LogP contribution < -0.4 is 5.32 Å². The Kier molecular flexibility index (Phi) is 6.54. The molecule has 0 aliphatic carbocycles. The highest BCUT2D eigenvalue weighted by Gasteiger charge is 2.26. The summed E-state index contributed by atoms with van der Waals surface area (Å²) in [5.41, 5.74) is 0.942. The first kappa shape index (κ1) is 18.2. The number of nitrogens with one attached hydrogen (secondary N) is 1. The second kappa shape index (κ2) is 8.63. The van der Waals surface area contributed by atoms with Crippen LogP contribution in [0.3, 0.4) is 0 Å². The van der Waals surface area contributed by atoms with Crippen molar-refractivity contribution in [2.24, 2.45) is 0 Å². The molecule has 1 aliphatic heterocycles. The lowest BCUT2D eigenvalue weighted by Crippen LogP contribution is -2.53. The van der Waals surface area contributed by atoms with E-state index in [0.29, 0.717) is 26.1 Å². The van der Waals surface area contributed by atoms with E-state index in [1.54, 1.807) is 23.0 Å². The molecule has 2 atom stereocenters. The molecule has 0 bridgehead atoms. The van der Waals surface area contributed by atoms with E-state index in [2.05, 4.69) is 10.3 Å². The van der Waals surface area contributed by atoms with Gasteiger partial charge in [-0.3, -0.25) is 9.78 Å². The summed E-state index contributed by atoms with van der Waals surface area (Å²) in [4.78, 5) is 31.8. The molecule has 24 heavy (non-hydrogen) atoms. The maximum absolute atomic E-state index is 12.2. The van der Waals surface area contributed by atoms with Crippen LogP contribution >= 0.6 is 0 Å². The number of amides is 3. The van der Waals surface area contributed by atoms with Gasteiger partial charge < -0.3 is 19.9 Å². The first-order valence-electron chi connectivity index (χ1n) is 8.28. The second-order valence-electron chi connectivity index (χ2n) is 6.21. The summed E-state index contributed by atoms with van der Waals surface area (Å²) < 4.78 is 5.60. The minimum Gasteiger partial charge on any atom is -0.372 e. The van der Waals surface area contributed by atoms with Crippen molar-refractivity contribution in [1.82, 2.24) is 20.1 Å². The van der Waals surface area contributed by atoms with E-state index in [4.69, 9.17) is 4.74 Å². The maximum Gasteiger partial charge on any atom is 0.318 e. The summed E-state index contributed by atoms with van der Waals surface area (Å²) in [6.07, 6.45) is 2.45. The normalized spacial score (nSPS) is 20.5. The summed E-state index contributed by atoms with van der Waals surface area (Å²) >= 11 is 0. The molecule has 3 amide bonds. The highest BCUT2D eigenvalue weighted by Crippen LogP contribution is 2.10. The molecule has 0 aromatic carbocycles. The van der Waals surface area contributed by atoms with Crippen molar-refractivity contribution in [3.63, 3.8) is 0 Å². The fourth-order valence-electron chi connectivity index (χ4n) is 2.69. The molecule has 132 valence electrons. The Balaban J connectivity index is 1.72. The van der Waals surface area contributed by atoms with Gasteiger partial charge in [-0.1, -0.05) is 6.07 Å². The van der Waals surface area contributed by atoms with Crippen LogP contribution in [0.4, 0.5) is 4.79 Å². The molecule has 7 nitrogen and oxygen atoms in total. The number of ether oxygens (including phenoxy) is 1. The number of likely N-dealkylation sites (N-methyl/N-ethyl adjacent to an activating group) is 1. The third kappa shape index (κ3) is 5.49. The smallest absolute Gasteiger partial charge is 0.318 e. The average Bonchev–Trinajstić information content (AvgIpc) is 2.57. The first-order chi connectivity index (χ1) is 11.5. The van der Waals surface area contributed by atoms with Crippen LogP contribution in [0, 0.1) is 0 Å². The van der Waals surface area contributed by atoms with E-state index in [-0.39, 0.29) is 30.7 Å². The molecule has 1 N–H and O–H groups in total. The molecule has 1 aliphatic rings. The van der Waals surface area contributed by atoms with Gasteiger partial charge in [0.25, 0.3) is 0 Å². The van der Waals surface area contributed by atoms with Gasteiger partial charge in [0, 0.05) is 45.0 Å². The Bertz CT molecular complexity index is 542. The van der Waals surface area contributed by atoms with E-state index < -0.39 is 0 Å². The zero-order valence-corrected chi connectivity index (χ0v) is 14.6. The standard InChI is InChI=1S/C17H26N4O3/c1-13-11-21(12-14(2)24-13)17(23)19-10-16(22)20(3)9-7-15-6-4-5-8-18-15/h4-6,8,13-14H,7,9-12H2,1-3H3,(H,19,23). The topological polar surface area (TPSA) is 74.8 Å². The van der Waals surface area contributed by atoms with E-state index in [1.165, 1.54) is 0 Å². The van der Waals surface area contributed by atoms with E-state index in [1.807, 2.05) is 32.0 Å². The highest BCUT2D eigenvalue weighted by molar-refractivity contribution is 5.83. The molecule has 2 heterocycles. The predicted molar refractivity (Wildman–Crippen MR) is 90.6 cm³/mol. The third-order valence-corrected chi connectivity index (χ3v) is 3.95. The Morgan fingerprint density at radius 1 is 1.33 bits per heavy atom.